The number of aryl methyl sites for hydroxylation is 1. The molecule has 3 nitrogen and oxygen atoms in total. The molecule has 0 aliphatic rings. The van der Waals surface area contributed by atoms with Crippen molar-refractivity contribution >= 4 is 5.97 Å². The van der Waals surface area contributed by atoms with Crippen molar-refractivity contribution in [1.82, 2.24) is 0 Å². The van der Waals surface area contributed by atoms with Gasteiger partial charge in [-0.15, -0.1) is 0 Å². The van der Waals surface area contributed by atoms with E-state index in [0.717, 1.165) is 18.7 Å². The van der Waals surface area contributed by atoms with Crippen LogP contribution in [-0.4, -0.2) is 5.97 Å². The summed E-state index contributed by atoms with van der Waals surface area (Å²) in [5.74, 6) is -1.01. The molecule has 0 aliphatic carbocycles. The van der Waals surface area contributed by atoms with Gasteiger partial charge >= 0.3 is 0 Å². The van der Waals surface area contributed by atoms with E-state index in [1.165, 1.54) is 83.5 Å². The minimum Gasteiger partial charge on any atom is -0.550 e. The Bertz CT molecular complexity index is 473. The molecule has 0 radical (unpaired) electrons. The molecule has 0 N–H and O–H groups in total. The number of aromatic nitrogens is 1. The summed E-state index contributed by atoms with van der Waals surface area (Å²) in [4.78, 5) is 10.8. The third-order valence-corrected chi connectivity index (χ3v) is 5.11. The lowest BCUT2D eigenvalue weighted by atomic mass is 10.0. The predicted molar refractivity (Wildman–Crippen MR) is 106 cm³/mol. The molecular weight excluding hydrogens is 322 g/mol. The summed E-state index contributed by atoms with van der Waals surface area (Å²) in [6.45, 7) is 3.18. The highest BCUT2D eigenvalue weighted by atomic mass is 16.4. The topological polar surface area (TPSA) is 44.0 Å². The fourth-order valence-electron chi connectivity index (χ4n) is 3.51. The van der Waals surface area contributed by atoms with Crippen molar-refractivity contribution in [3.8, 4) is 0 Å². The maximum atomic E-state index is 10.8. The van der Waals surface area contributed by atoms with E-state index in [9.17, 15) is 9.90 Å². The van der Waals surface area contributed by atoms with Gasteiger partial charge in [-0.2, -0.15) is 0 Å². The van der Waals surface area contributed by atoms with Crippen LogP contribution in [0.5, 0.6) is 0 Å². The SMILES string of the molecule is CCCCCCCCCCCCCCCC[n+]1ccccc1CC(=O)[O-]. The van der Waals surface area contributed by atoms with E-state index in [0.29, 0.717) is 0 Å². The van der Waals surface area contributed by atoms with Gasteiger partial charge in [0.25, 0.3) is 0 Å². The Labute approximate surface area is 160 Å². The second-order valence-corrected chi connectivity index (χ2v) is 7.53. The molecule has 0 aliphatic heterocycles. The second kappa shape index (κ2) is 15.8. The van der Waals surface area contributed by atoms with Crippen LogP contribution < -0.4 is 9.67 Å². The third kappa shape index (κ3) is 12.1. The summed E-state index contributed by atoms with van der Waals surface area (Å²) >= 11 is 0. The van der Waals surface area contributed by atoms with Gasteiger partial charge in [0, 0.05) is 18.6 Å². The molecular formula is C23H39NO2. The maximum absolute atomic E-state index is 10.8. The smallest absolute Gasteiger partial charge is 0.186 e. The van der Waals surface area contributed by atoms with Crippen LogP contribution in [0.2, 0.25) is 0 Å². The molecule has 0 atom stereocenters. The summed E-state index contributed by atoms with van der Waals surface area (Å²) in [6, 6.07) is 5.72. The Hall–Kier alpha value is -1.38. The Morgan fingerprint density at radius 3 is 1.81 bits per heavy atom. The number of carboxylic acid groups (broad SMARTS) is 1. The number of rotatable bonds is 17. The number of unbranched alkanes of at least 4 members (excludes halogenated alkanes) is 13. The molecule has 0 spiro atoms. The zero-order chi connectivity index (χ0) is 18.9. The van der Waals surface area contributed by atoms with Crippen molar-refractivity contribution in [2.45, 2.75) is 110 Å². The monoisotopic (exact) mass is 361 g/mol. The summed E-state index contributed by atoms with van der Waals surface area (Å²) in [5, 5.41) is 10.8. The van der Waals surface area contributed by atoms with E-state index in [4.69, 9.17) is 0 Å². The zero-order valence-corrected chi connectivity index (χ0v) is 16.9. The molecule has 0 fully saturated rings. The van der Waals surface area contributed by atoms with E-state index in [1.54, 1.807) is 0 Å². The van der Waals surface area contributed by atoms with Crippen molar-refractivity contribution in [3.63, 3.8) is 0 Å². The quantitative estimate of drug-likeness (QED) is 0.297. The van der Waals surface area contributed by atoms with Crippen molar-refractivity contribution in [2.24, 2.45) is 0 Å². The molecule has 0 unspecified atom stereocenters. The summed E-state index contributed by atoms with van der Waals surface area (Å²) in [5.41, 5.74) is 0.835. The number of aliphatic carboxylic acids is 1. The van der Waals surface area contributed by atoms with Gasteiger partial charge in [-0.3, -0.25) is 0 Å². The molecule has 1 aromatic rings. The van der Waals surface area contributed by atoms with Gasteiger partial charge in [-0.05, 0) is 6.42 Å². The Morgan fingerprint density at radius 1 is 0.808 bits per heavy atom. The molecule has 0 saturated carbocycles. The molecule has 0 aromatic carbocycles. The Morgan fingerprint density at radius 2 is 1.31 bits per heavy atom. The number of hydrogen-bond donors (Lipinski definition) is 0. The first-order valence-corrected chi connectivity index (χ1v) is 10.9. The standard InChI is InChI=1S/C23H39NO2/c1-2-3-4-5-6-7-8-9-10-11-12-13-14-16-19-24-20-17-15-18-22(24)21-23(25)26/h15,17-18,20H,2-14,16,19,21H2,1H3. The van der Waals surface area contributed by atoms with Crippen LogP contribution in [0.4, 0.5) is 0 Å². The number of hydrogen-bond acceptors (Lipinski definition) is 2. The van der Waals surface area contributed by atoms with E-state index in [2.05, 4.69) is 11.5 Å². The minimum absolute atomic E-state index is 0.000552. The average molecular weight is 362 g/mol. The zero-order valence-electron chi connectivity index (χ0n) is 16.9. The van der Waals surface area contributed by atoms with Crippen LogP contribution in [0.1, 0.15) is 103 Å². The van der Waals surface area contributed by atoms with E-state index in [1.807, 2.05) is 24.4 Å². The van der Waals surface area contributed by atoms with Crippen LogP contribution in [0.3, 0.4) is 0 Å². The van der Waals surface area contributed by atoms with Crippen LogP contribution in [0.15, 0.2) is 24.4 Å². The lowest BCUT2D eigenvalue weighted by Gasteiger charge is -2.05. The van der Waals surface area contributed by atoms with Gasteiger partial charge in [0.1, 0.15) is 6.54 Å². The van der Waals surface area contributed by atoms with Crippen molar-refractivity contribution in [2.75, 3.05) is 0 Å². The molecule has 0 saturated heterocycles. The molecule has 148 valence electrons. The van der Waals surface area contributed by atoms with Crippen molar-refractivity contribution in [3.05, 3.63) is 30.1 Å². The molecule has 0 amide bonds. The molecule has 26 heavy (non-hydrogen) atoms. The highest BCUT2D eigenvalue weighted by Crippen LogP contribution is 2.12. The second-order valence-electron chi connectivity index (χ2n) is 7.53. The predicted octanol–water partition coefficient (Wildman–Crippen LogP) is 4.75. The summed E-state index contributed by atoms with van der Waals surface area (Å²) in [7, 11) is 0. The van der Waals surface area contributed by atoms with Gasteiger partial charge in [0.05, 0.1) is 12.4 Å². The third-order valence-electron chi connectivity index (χ3n) is 5.11. The first kappa shape index (κ1) is 22.7. The molecule has 1 rings (SSSR count). The number of carboxylic acids is 1. The Balaban J connectivity index is 1.93. The lowest BCUT2D eigenvalue weighted by Crippen LogP contribution is -2.40. The van der Waals surface area contributed by atoms with Crippen LogP contribution in [-0.2, 0) is 17.8 Å². The van der Waals surface area contributed by atoms with Gasteiger partial charge in [0.15, 0.2) is 11.9 Å². The van der Waals surface area contributed by atoms with Gasteiger partial charge in [-0.25, -0.2) is 4.57 Å². The van der Waals surface area contributed by atoms with E-state index >= 15 is 0 Å². The first-order chi connectivity index (χ1) is 12.7. The van der Waals surface area contributed by atoms with E-state index < -0.39 is 5.97 Å². The van der Waals surface area contributed by atoms with Crippen LogP contribution >= 0.6 is 0 Å². The summed E-state index contributed by atoms with van der Waals surface area (Å²) < 4.78 is 2.05. The fourth-order valence-corrected chi connectivity index (χ4v) is 3.51. The molecule has 1 aromatic heterocycles. The number of carbonyl (C=O) groups excluding carboxylic acids is 1. The maximum Gasteiger partial charge on any atom is 0.186 e. The number of carbonyl (C=O) groups is 1. The van der Waals surface area contributed by atoms with Gasteiger partial charge in [0.2, 0.25) is 0 Å². The van der Waals surface area contributed by atoms with Crippen molar-refractivity contribution in [1.29, 1.82) is 0 Å². The summed E-state index contributed by atoms with van der Waals surface area (Å²) in [6.07, 6.45) is 21.0. The average Bonchev–Trinajstić information content (AvgIpc) is 2.63. The van der Waals surface area contributed by atoms with E-state index in [-0.39, 0.29) is 6.42 Å². The van der Waals surface area contributed by atoms with Crippen LogP contribution in [0, 0.1) is 0 Å². The number of nitrogens with zero attached hydrogens (tertiary/aromatic N) is 1. The molecule has 0 bridgehead atoms. The highest BCUT2D eigenvalue weighted by Gasteiger charge is 2.09. The lowest BCUT2D eigenvalue weighted by molar-refractivity contribution is -0.704. The molecule has 3 heteroatoms. The van der Waals surface area contributed by atoms with Gasteiger partial charge < -0.3 is 9.90 Å². The fraction of sp³-hybridized carbons (Fsp3) is 0.739. The first-order valence-electron chi connectivity index (χ1n) is 10.9. The minimum atomic E-state index is -1.01. The normalized spacial score (nSPS) is 11.0. The van der Waals surface area contributed by atoms with Crippen LogP contribution in [0.25, 0.3) is 0 Å². The number of pyridine rings is 1. The Kier molecular flexibility index (Phi) is 13.8. The molecule has 1 heterocycles. The van der Waals surface area contributed by atoms with Crippen molar-refractivity contribution < 1.29 is 14.5 Å². The van der Waals surface area contributed by atoms with Gasteiger partial charge in [-0.1, -0.05) is 90.0 Å². The highest BCUT2D eigenvalue weighted by molar-refractivity contribution is 5.66. The largest absolute Gasteiger partial charge is 0.550 e.